The van der Waals surface area contributed by atoms with Gasteiger partial charge in [-0.05, 0) is 12.5 Å². The van der Waals surface area contributed by atoms with Crippen molar-refractivity contribution in [2.24, 2.45) is 5.92 Å². The number of carboxylic acids is 1. The van der Waals surface area contributed by atoms with E-state index in [1.165, 1.54) is 4.90 Å². The van der Waals surface area contributed by atoms with Crippen molar-refractivity contribution < 1.29 is 24.0 Å². The van der Waals surface area contributed by atoms with Gasteiger partial charge in [0.25, 0.3) is 11.6 Å². The number of carbonyl (C=O) groups excluding carboxylic acids is 1. The molecule has 8 heteroatoms. The van der Waals surface area contributed by atoms with Crippen LogP contribution in [0.3, 0.4) is 0 Å². The van der Waals surface area contributed by atoms with Crippen LogP contribution in [-0.4, -0.2) is 39.9 Å². The minimum atomic E-state index is -0.996. The summed E-state index contributed by atoms with van der Waals surface area (Å²) >= 11 is 0. The van der Waals surface area contributed by atoms with Crippen LogP contribution in [0, 0.1) is 21.8 Å². The average molecular weight is 282 g/mol. The zero-order valence-electron chi connectivity index (χ0n) is 10.3. The zero-order chi connectivity index (χ0) is 14.9. The first-order chi connectivity index (χ1) is 9.40. The Balaban J connectivity index is 2.18. The molecule has 1 aliphatic rings. The predicted octanol–water partition coefficient (Wildman–Crippen LogP) is 1.28. The number of nitro groups is 1. The lowest BCUT2D eigenvalue weighted by Crippen LogP contribution is -2.30. The molecule has 1 amide bonds. The Kier molecular flexibility index (Phi) is 3.64. The lowest BCUT2D eigenvalue weighted by Gasteiger charge is -2.16. The quantitative estimate of drug-likeness (QED) is 0.664. The van der Waals surface area contributed by atoms with E-state index in [-0.39, 0.29) is 18.7 Å². The summed E-state index contributed by atoms with van der Waals surface area (Å²) in [5.41, 5.74) is -0.731. The fourth-order valence-electron chi connectivity index (χ4n) is 2.11. The molecule has 20 heavy (non-hydrogen) atoms. The monoisotopic (exact) mass is 282 g/mol. The summed E-state index contributed by atoms with van der Waals surface area (Å²) in [4.78, 5) is 33.8. The maximum atomic E-state index is 13.7. The number of carbonyl (C=O) groups is 2. The number of hydrogen-bond acceptors (Lipinski definition) is 4. The molecule has 7 nitrogen and oxygen atoms in total. The smallest absolute Gasteiger partial charge is 0.308 e. The molecule has 2 rings (SSSR count). The van der Waals surface area contributed by atoms with Crippen LogP contribution in [0.15, 0.2) is 18.2 Å². The van der Waals surface area contributed by atoms with Gasteiger partial charge in [-0.15, -0.1) is 0 Å². The first-order valence-corrected chi connectivity index (χ1v) is 5.86. The summed E-state index contributed by atoms with van der Waals surface area (Å²) in [5.74, 6) is -3.28. The Bertz CT molecular complexity index is 589. The Morgan fingerprint density at radius 3 is 2.65 bits per heavy atom. The van der Waals surface area contributed by atoms with Gasteiger partial charge in [-0.1, -0.05) is 0 Å². The van der Waals surface area contributed by atoms with Gasteiger partial charge in [0.2, 0.25) is 0 Å². The third-order valence-electron chi connectivity index (χ3n) is 3.22. The number of benzene rings is 1. The number of hydrogen-bond donors (Lipinski definition) is 1. The van der Waals surface area contributed by atoms with Gasteiger partial charge in [0.15, 0.2) is 0 Å². The summed E-state index contributed by atoms with van der Waals surface area (Å²) < 4.78 is 13.7. The third kappa shape index (κ3) is 2.58. The van der Waals surface area contributed by atoms with E-state index in [2.05, 4.69) is 0 Å². The standard InChI is InChI=1S/C12H11FN2O5/c13-10-5-8(15(19)20)1-2-9(10)11(16)14-4-3-7(6-14)12(17)18/h1-2,5,7H,3-4,6H2,(H,17,18). The van der Waals surface area contributed by atoms with Crippen molar-refractivity contribution >= 4 is 17.6 Å². The Morgan fingerprint density at radius 2 is 2.15 bits per heavy atom. The van der Waals surface area contributed by atoms with Gasteiger partial charge in [-0.3, -0.25) is 19.7 Å². The summed E-state index contributed by atoms with van der Waals surface area (Å²) in [5, 5.41) is 19.3. The van der Waals surface area contributed by atoms with Crippen LogP contribution in [0.4, 0.5) is 10.1 Å². The largest absolute Gasteiger partial charge is 0.481 e. The highest BCUT2D eigenvalue weighted by Crippen LogP contribution is 2.22. The molecule has 1 aliphatic heterocycles. The molecule has 1 unspecified atom stereocenters. The van der Waals surface area contributed by atoms with E-state index < -0.39 is 34.2 Å². The second kappa shape index (κ2) is 5.24. The molecule has 106 valence electrons. The second-order valence-corrected chi connectivity index (χ2v) is 4.50. The molecule has 0 bridgehead atoms. The van der Waals surface area contributed by atoms with E-state index >= 15 is 0 Å². The molecule has 1 aromatic rings. The maximum Gasteiger partial charge on any atom is 0.308 e. The molecule has 0 spiro atoms. The minimum Gasteiger partial charge on any atom is -0.481 e. The molecule has 1 atom stereocenters. The molecule has 0 aliphatic carbocycles. The lowest BCUT2D eigenvalue weighted by molar-refractivity contribution is -0.385. The molecule has 1 N–H and O–H groups in total. The van der Waals surface area contributed by atoms with Crippen LogP contribution in [0.25, 0.3) is 0 Å². The molecular formula is C12H11FN2O5. The summed E-state index contributed by atoms with van der Waals surface area (Å²) in [6.45, 7) is 0.247. The number of aliphatic carboxylic acids is 1. The molecule has 1 saturated heterocycles. The van der Waals surface area contributed by atoms with Crippen molar-refractivity contribution in [2.45, 2.75) is 6.42 Å². The molecule has 1 fully saturated rings. The first kappa shape index (κ1) is 13.9. The number of non-ortho nitro benzene ring substituents is 1. The van der Waals surface area contributed by atoms with Gasteiger partial charge in [-0.2, -0.15) is 0 Å². The lowest BCUT2D eigenvalue weighted by atomic mass is 10.1. The Hall–Kier alpha value is -2.51. The van der Waals surface area contributed by atoms with Gasteiger partial charge < -0.3 is 10.0 Å². The molecule has 0 radical (unpaired) electrons. The van der Waals surface area contributed by atoms with Crippen molar-refractivity contribution in [1.82, 2.24) is 4.90 Å². The van der Waals surface area contributed by atoms with Crippen LogP contribution in [0.5, 0.6) is 0 Å². The van der Waals surface area contributed by atoms with Crippen molar-refractivity contribution in [3.63, 3.8) is 0 Å². The van der Waals surface area contributed by atoms with E-state index in [1.807, 2.05) is 0 Å². The molecule has 1 heterocycles. The van der Waals surface area contributed by atoms with Gasteiger partial charge in [0, 0.05) is 19.2 Å². The summed E-state index contributed by atoms with van der Waals surface area (Å²) in [6, 6.07) is 2.77. The topological polar surface area (TPSA) is 101 Å². The van der Waals surface area contributed by atoms with Gasteiger partial charge >= 0.3 is 5.97 Å². The van der Waals surface area contributed by atoms with Crippen LogP contribution in [0.2, 0.25) is 0 Å². The number of likely N-dealkylation sites (tertiary alicyclic amines) is 1. The van der Waals surface area contributed by atoms with Crippen LogP contribution in [0.1, 0.15) is 16.8 Å². The highest BCUT2D eigenvalue weighted by atomic mass is 19.1. The highest BCUT2D eigenvalue weighted by molar-refractivity contribution is 5.95. The molecule has 0 saturated carbocycles. The van der Waals surface area contributed by atoms with E-state index in [0.717, 1.165) is 12.1 Å². The Morgan fingerprint density at radius 1 is 1.45 bits per heavy atom. The minimum absolute atomic E-state index is 0.0184. The number of rotatable bonds is 3. The average Bonchev–Trinajstić information content (AvgIpc) is 2.87. The number of amides is 1. The number of nitro benzene ring substituents is 1. The van der Waals surface area contributed by atoms with Gasteiger partial charge in [-0.25, -0.2) is 4.39 Å². The summed E-state index contributed by atoms with van der Waals surface area (Å²) in [7, 11) is 0. The van der Waals surface area contributed by atoms with E-state index in [0.29, 0.717) is 12.5 Å². The SMILES string of the molecule is O=C(O)C1CCN(C(=O)c2ccc([N+](=O)[O-])cc2F)C1. The van der Waals surface area contributed by atoms with Crippen molar-refractivity contribution in [3.8, 4) is 0 Å². The van der Waals surface area contributed by atoms with Crippen molar-refractivity contribution in [2.75, 3.05) is 13.1 Å². The van der Waals surface area contributed by atoms with Gasteiger partial charge in [0.1, 0.15) is 5.82 Å². The maximum absolute atomic E-state index is 13.7. The third-order valence-corrected chi connectivity index (χ3v) is 3.22. The van der Waals surface area contributed by atoms with Gasteiger partial charge in [0.05, 0.1) is 22.5 Å². The number of carboxylic acid groups (broad SMARTS) is 1. The summed E-state index contributed by atoms with van der Waals surface area (Å²) in [6.07, 6.45) is 0.315. The van der Waals surface area contributed by atoms with Crippen LogP contribution in [-0.2, 0) is 4.79 Å². The normalized spacial score (nSPS) is 18.1. The molecular weight excluding hydrogens is 271 g/mol. The predicted molar refractivity (Wildman–Crippen MR) is 64.7 cm³/mol. The zero-order valence-corrected chi connectivity index (χ0v) is 10.3. The first-order valence-electron chi connectivity index (χ1n) is 5.86. The van der Waals surface area contributed by atoms with E-state index in [9.17, 15) is 24.1 Å². The fraction of sp³-hybridized carbons (Fsp3) is 0.333. The second-order valence-electron chi connectivity index (χ2n) is 4.50. The van der Waals surface area contributed by atoms with E-state index in [1.54, 1.807) is 0 Å². The molecule has 1 aromatic carbocycles. The number of nitrogens with zero attached hydrogens (tertiary/aromatic N) is 2. The molecule has 0 aromatic heterocycles. The van der Waals surface area contributed by atoms with Crippen LogP contribution < -0.4 is 0 Å². The fourth-order valence-corrected chi connectivity index (χ4v) is 2.11. The number of halogens is 1. The van der Waals surface area contributed by atoms with Crippen molar-refractivity contribution in [3.05, 3.63) is 39.7 Å². The Labute approximate surface area is 112 Å². The van der Waals surface area contributed by atoms with Crippen molar-refractivity contribution in [1.29, 1.82) is 0 Å². The van der Waals surface area contributed by atoms with Crippen LogP contribution >= 0.6 is 0 Å². The highest BCUT2D eigenvalue weighted by Gasteiger charge is 2.32. The van der Waals surface area contributed by atoms with E-state index in [4.69, 9.17) is 5.11 Å².